The Morgan fingerprint density at radius 1 is 1.16 bits per heavy atom. The van der Waals surface area contributed by atoms with E-state index in [1.54, 1.807) is 12.1 Å². The predicted molar refractivity (Wildman–Crippen MR) is 113 cm³/mol. The van der Waals surface area contributed by atoms with Gasteiger partial charge in [0.25, 0.3) is 11.8 Å². The number of alkyl halides is 3. The van der Waals surface area contributed by atoms with E-state index < -0.39 is 44.5 Å². The average molecular weight is 485 g/mol. The molecule has 0 saturated heterocycles. The van der Waals surface area contributed by atoms with E-state index in [2.05, 4.69) is 15.5 Å². The van der Waals surface area contributed by atoms with E-state index in [1.807, 2.05) is 0 Å². The number of halogens is 4. The molecule has 0 bridgehead atoms. The molecular weight excluding hydrogens is 469 g/mol. The SMILES string of the molecule is Cc1c(C(F)(F)F)nnc(Oc2cccc(Cl)c2)c1C(=O)Nc1cccc(S(C)(=N)=O)c1. The predicted octanol–water partition coefficient (Wildman–Crippen LogP) is 5.54. The molecule has 0 aliphatic heterocycles. The average Bonchev–Trinajstić information content (AvgIpc) is 2.66. The first-order valence-electron chi connectivity index (χ1n) is 8.89. The number of carbonyl (C=O) groups excluding carboxylic acids is 1. The van der Waals surface area contributed by atoms with Crippen molar-refractivity contribution in [3.8, 4) is 11.6 Å². The summed E-state index contributed by atoms with van der Waals surface area (Å²) in [7, 11) is -3.07. The Kier molecular flexibility index (Phi) is 6.42. The first-order chi connectivity index (χ1) is 14.9. The fraction of sp³-hybridized carbons (Fsp3) is 0.150. The van der Waals surface area contributed by atoms with Gasteiger partial charge in [-0.15, -0.1) is 10.2 Å². The molecule has 7 nitrogen and oxygen atoms in total. The van der Waals surface area contributed by atoms with Crippen LogP contribution in [0.2, 0.25) is 5.02 Å². The summed E-state index contributed by atoms with van der Waals surface area (Å²) in [5.74, 6) is -1.27. The highest BCUT2D eigenvalue weighted by molar-refractivity contribution is 7.91. The van der Waals surface area contributed by atoms with E-state index in [-0.39, 0.29) is 16.3 Å². The van der Waals surface area contributed by atoms with Crippen LogP contribution in [0.15, 0.2) is 53.4 Å². The monoisotopic (exact) mass is 484 g/mol. The Morgan fingerprint density at radius 2 is 1.84 bits per heavy atom. The maximum absolute atomic E-state index is 13.4. The highest BCUT2D eigenvalue weighted by Crippen LogP contribution is 2.35. The lowest BCUT2D eigenvalue weighted by Gasteiger charge is -2.16. The van der Waals surface area contributed by atoms with Gasteiger partial charge in [0.2, 0.25) is 0 Å². The zero-order chi connectivity index (χ0) is 23.7. The molecule has 0 saturated carbocycles. The minimum Gasteiger partial charge on any atom is -0.437 e. The molecule has 0 aliphatic rings. The molecule has 0 radical (unpaired) electrons. The Balaban J connectivity index is 2.06. The molecule has 1 atom stereocenters. The number of benzene rings is 2. The minimum absolute atomic E-state index is 0.132. The molecule has 3 rings (SSSR count). The van der Waals surface area contributed by atoms with Crippen molar-refractivity contribution in [3.63, 3.8) is 0 Å². The number of rotatable bonds is 5. The van der Waals surface area contributed by atoms with Crippen molar-refractivity contribution in [2.45, 2.75) is 18.0 Å². The van der Waals surface area contributed by atoms with Gasteiger partial charge >= 0.3 is 6.18 Å². The molecule has 0 fully saturated rings. The van der Waals surface area contributed by atoms with Gasteiger partial charge in [0.05, 0.1) is 9.73 Å². The second-order valence-electron chi connectivity index (χ2n) is 6.74. The van der Waals surface area contributed by atoms with Gasteiger partial charge < -0.3 is 10.1 Å². The lowest BCUT2D eigenvalue weighted by molar-refractivity contribution is -0.142. The second-order valence-corrected chi connectivity index (χ2v) is 9.33. The molecule has 3 aromatic rings. The molecule has 0 spiro atoms. The van der Waals surface area contributed by atoms with Gasteiger partial charge in [-0.25, -0.2) is 8.99 Å². The third-order valence-corrected chi connectivity index (χ3v) is 5.62. The van der Waals surface area contributed by atoms with Gasteiger partial charge in [0, 0.05) is 21.9 Å². The third-order valence-electron chi connectivity index (χ3n) is 4.23. The van der Waals surface area contributed by atoms with Crippen LogP contribution in [0.25, 0.3) is 0 Å². The van der Waals surface area contributed by atoms with E-state index in [9.17, 15) is 22.2 Å². The molecule has 2 N–H and O–H groups in total. The topological polar surface area (TPSA) is 105 Å². The molecule has 0 aliphatic carbocycles. The van der Waals surface area contributed by atoms with Crippen LogP contribution >= 0.6 is 11.6 Å². The van der Waals surface area contributed by atoms with E-state index in [0.717, 1.165) is 6.92 Å². The van der Waals surface area contributed by atoms with Crippen LogP contribution in [0.1, 0.15) is 21.6 Å². The van der Waals surface area contributed by atoms with E-state index in [1.165, 1.54) is 42.7 Å². The molecule has 12 heteroatoms. The maximum Gasteiger partial charge on any atom is 0.435 e. The Morgan fingerprint density at radius 3 is 2.47 bits per heavy atom. The van der Waals surface area contributed by atoms with Crippen LogP contribution in [0, 0.1) is 11.7 Å². The zero-order valence-electron chi connectivity index (χ0n) is 16.7. The molecule has 168 valence electrons. The van der Waals surface area contributed by atoms with Crippen molar-refractivity contribution in [3.05, 3.63) is 70.4 Å². The summed E-state index contributed by atoms with van der Waals surface area (Å²) >= 11 is 5.91. The second kappa shape index (κ2) is 8.75. The Hall–Kier alpha value is -3.18. The van der Waals surface area contributed by atoms with Gasteiger partial charge in [0.1, 0.15) is 11.3 Å². The zero-order valence-corrected chi connectivity index (χ0v) is 18.2. The smallest absolute Gasteiger partial charge is 0.435 e. The van der Waals surface area contributed by atoms with Crippen LogP contribution in [-0.2, 0) is 15.9 Å². The number of nitrogens with zero attached hydrogens (tertiary/aromatic N) is 2. The van der Waals surface area contributed by atoms with Crippen molar-refractivity contribution >= 4 is 32.9 Å². The van der Waals surface area contributed by atoms with Crippen molar-refractivity contribution in [2.24, 2.45) is 0 Å². The molecule has 2 aromatic carbocycles. The maximum atomic E-state index is 13.4. The summed E-state index contributed by atoms with van der Waals surface area (Å²) in [6.07, 6.45) is -3.64. The molecule has 1 amide bonds. The highest BCUT2D eigenvalue weighted by Gasteiger charge is 2.38. The number of aromatic nitrogens is 2. The van der Waals surface area contributed by atoms with Crippen LogP contribution in [0.3, 0.4) is 0 Å². The van der Waals surface area contributed by atoms with E-state index in [4.69, 9.17) is 21.1 Å². The van der Waals surface area contributed by atoms with Crippen molar-refractivity contribution < 1.29 is 26.9 Å². The van der Waals surface area contributed by atoms with Gasteiger partial charge in [-0.2, -0.15) is 13.2 Å². The first kappa shape index (κ1) is 23.5. The summed E-state index contributed by atoms with van der Waals surface area (Å²) in [4.78, 5) is 13.1. The number of amides is 1. The largest absolute Gasteiger partial charge is 0.437 e. The highest BCUT2D eigenvalue weighted by atomic mass is 35.5. The number of hydrogen-bond acceptors (Lipinski definition) is 6. The molecule has 32 heavy (non-hydrogen) atoms. The minimum atomic E-state index is -4.85. The standard InChI is InChI=1S/C20H16ClF3N4O3S/c1-11-16(18(29)26-13-6-4-8-15(10-13)32(2,25)30)19(28-27-17(11)20(22,23)24)31-14-7-3-5-12(21)9-14/h3-10,25H,1-2H3,(H,26,29). The van der Waals surface area contributed by atoms with Crippen LogP contribution in [0.4, 0.5) is 18.9 Å². The van der Waals surface area contributed by atoms with Crippen LogP contribution in [-0.4, -0.2) is 26.6 Å². The molecule has 1 unspecified atom stereocenters. The molecule has 1 aromatic heterocycles. The lowest BCUT2D eigenvalue weighted by atomic mass is 10.1. The summed E-state index contributed by atoms with van der Waals surface area (Å²) in [5, 5.41) is 9.41. The van der Waals surface area contributed by atoms with Crippen LogP contribution in [0.5, 0.6) is 11.6 Å². The third kappa shape index (κ3) is 5.35. The quantitative estimate of drug-likeness (QED) is 0.495. The van der Waals surface area contributed by atoms with Crippen molar-refractivity contribution in [1.82, 2.24) is 10.2 Å². The normalized spacial score (nSPS) is 13.3. The van der Waals surface area contributed by atoms with Crippen molar-refractivity contribution in [1.29, 1.82) is 4.78 Å². The van der Waals surface area contributed by atoms with Gasteiger partial charge in [-0.1, -0.05) is 23.7 Å². The molecular formula is C20H16ClF3N4O3S. The summed E-state index contributed by atoms with van der Waals surface area (Å²) < 4.78 is 65.3. The summed E-state index contributed by atoms with van der Waals surface area (Å²) in [6.45, 7) is 1.08. The van der Waals surface area contributed by atoms with Gasteiger partial charge in [-0.3, -0.25) is 4.79 Å². The lowest BCUT2D eigenvalue weighted by Crippen LogP contribution is -2.21. The number of ether oxygens (including phenoxy) is 1. The Labute approximate surface area is 186 Å². The number of carbonyl (C=O) groups is 1. The number of anilines is 1. The van der Waals surface area contributed by atoms with Crippen LogP contribution < -0.4 is 10.1 Å². The summed E-state index contributed by atoms with van der Waals surface area (Å²) in [6, 6.07) is 11.7. The summed E-state index contributed by atoms with van der Waals surface area (Å²) in [5.41, 5.74) is -2.18. The van der Waals surface area contributed by atoms with Gasteiger partial charge in [0.15, 0.2) is 5.69 Å². The van der Waals surface area contributed by atoms with Gasteiger partial charge in [-0.05, 0) is 48.9 Å². The Bertz CT molecular complexity index is 1300. The fourth-order valence-electron chi connectivity index (χ4n) is 2.76. The van der Waals surface area contributed by atoms with E-state index in [0.29, 0.717) is 5.02 Å². The fourth-order valence-corrected chi connectivity index (χ4v) is 3.63. The molecule has 1 heterocycles. The van der Waals surface area contributed by atoms with E-state index >= 15 is 0 Å². The number of nitrogens with one attached hydrogen (secondary N) is 2. The van der Waals surface area contributed by atoms with Crippen molar-refractivity contribution in [2.75, 3.05) is 11.6 Å². The number of hydrogen-bond donors (Lipinski definition) is 2. The first-order valence-corrected chi connectivity index (χ1v) is 11.2.